The topological polar surface area (TPSA) is 18.5 Å². The Morgan fingerprint density at radius 1 is 1.13 bits per heavy atom. The van der Waals surface area contributed by atoms with Crippen LogP contribution in [0.5, 0.6) is 0 Å². The van der Waals surface area contributed by atoms with Crippen LogP contribution >= 0.6 is 0 Å². The molecule has 0 radical (unpaired) electrons. The van der Waals surface area contributed by atoms with Crippen LogP contribution < -0.4 is 0 Å². The number of allylic oxidation sites excluding steroid dienone is 1. The van der Waals surface area contributed by atoms with Crippen molar-refractivity contribution in [3.8, 4) is 0 Å². The summed E-state index contributed by atoms with van der Waals surface area (Å²) in [4.78, 5) is 0. The summed E-state index contributed by atoms with van der Waals surface area (Å²) < 4.78 is 11.8. The van der Waals surface area contributed by atoms with Crippen molar-refractivity contribution in [2.24, 2.45) is 0 Å². The zero-order chi connectivity index (χ0) is 10.5. The molecule has 2 atom stereocenters. The predicted molar refractivity (Wildman–Crippen MR) is 60.7 cm³/mol. The minimum atomic E-state index is -0.0920. The van der Waals surface area contributed by atoms with Crippen molar-refractivity contribution < 1.29 is 9.47 Å². The fraction of sp³-hybridized carbons (Fsp3) is 0.846. The summed E-state index contributed by atoms with van der Waals surface area (Å²) in [5, 5.41) is 0. The van der Waals surface area contributed by atoms with E-state index in [9.17, 15) is 0 Å². The smallest absolute Gasteiger partial charge is 0.177 e. The first kappa shape index (κ1) is 11.2. The van der Waals surface area contributed by atoms with Crippen molar-refractivity contribution in [1.29, 1.82) is 0 Å². The van der Waals surface area contributed by atoms with E-state index in [1.807, 2.05) is 0 Å². The fourth-order valence-corrected chi connectivity index (χ4v) is 2.35. The molecule has 0 spiro atoms. The van der Waals surface area contributed by atoms with Gasteiger partial charge < -0.3 is 9.47 Å². The van der Waals surface area contributed by atoms with Gasteiger partial charge in [-0.1, -0.05) is 25.3 Å². The number of ether oxygens (including phenoxy) is 2. The lowest BCUT2D eigenvalue weighted by atomic mass is 9.98. The Hall–Kier alpha value is -0.340. The van der Waals surface area contributed by atoms with Crippen LogP contribution in [0.25, 0.3) is 0 Å². The molecule has 1 fully saturated rings. The second-order valence-corrected chi connectivity index (χ2v) is 4.72. The number of rotatable bonds is 2. The molecule has 0 aromatic heterocycles. The van der Waals surface area contributed by atoms with Crippen LogP contribution in [0.2, 0.25) is 0 Å². The lowest BCUT2D eigenvalue weighted by molar-refractivity contribution is -0.168. The first-order valence-electron chi connectivity index (χ1n) is 6.32. The summed E-state index contributed by atoms with van der Waals surface area (Å²) >= 11 is 0. The Bertz CT molecular complexity index is 207. The van der Waals surface area contributed by atoms with E-state index >= 15 is 0 Å². The van der Waals surface area contributed by atoms with Gasteiger partial charge in [-0.15, -0.1) is 0 Å². The second kappa shape index (κ2) is 5.66. The molecular formula is C13H22O2. The highest BCUT2D eigenvalue weighted by Crippen LogP contribution is 2.23. The van der Waals surface area contributed by atoms with Gasteiger partial charge in [0, 0.05) is 0 Å². The molecule has 2 heteroatoms. The van der Waals surface area contributed by atoms with Crippen LogP contribution in [0.4, 0.5) is 0 Å². The molecule has 2 rings (SSSR count). The van der Waals surface area contributed by atoms with E-state index in [0.717, 1.165) is 12.8 Å². The average molecular weight is 210 g/mol. The molecule has 1 aliphatic heterocycles. The van der Waals surface area contributed by atoms with E-state index in [1.54, 1.807) is 0 Å². The lowest BCUT2D eigenvalue weighted by Crippen LogP contribution is -2.27. The molecule has 0 N–H and O–H groups in total. The van der Waals surface area contributed by atoms with Crippen molar-refractivity contribution in [1.82, 2.24) is 0 Å². The second-order valence-electron chi connectivity index (χ2n) is 4.72. The maximum Gasteiger partial charge on any atom is 0.177 e. The van der Waals surface area contributed by atoms with Crippen LogP contribution in [0.3, 0.4) is 0 Å². The number of hydrogen-bond donors (Lipinski definition) is 0. The summed E-state index contributed by atoms with van der Waals surface area (Å²) in [6, 6.07) is 0. The molecule has 0 aromatic carbocycles. The molecule has 0 amide bonds. The molecular weight excluding hydrogens is 188 g/mol. The van der Waals surface area contributed by atoms with E-state index in [4.69, 9.17) is 9.47 Å². The Morgan fingerprint density at radius 2 is 1.93 bits per heavy atom. The normalized spacial score (nSPS) is 33.9. The third-order valence-electron chi connectivity index (χ3n) is 3.28. The Balaban J connectivity index is 1.80. The standard InChI is InChI=1S/C13H22O2/c1-11-7-5-6-10-13(14-11)15-12-8-3-2-4-9-12/h6,10-13H,2-5,7-9H2,1H3/t11-,13-/m1/s1. The van der Waals surface area contributed by atoms with Crippen LogP contribution in [0, 0.1) is 0 Å². The van der Waals surface area contributed by atoms with Crippen molar-refractivity contribution >= 4 is 0 Å². The first-order chi connectivity index (χ1) is 7.34. The molecule has 2 aliphatic rings. The summed E-state index contributed by atoms with van der Waals surface area (Å²) in [6.45, 7) is 2.13. The van der Waals surface area contributed by atoms with Crippen molar-refractivity contribution in [3.05, 3.63) is 12.2 Å². The predicted octanol–water partition coefficient (Wildman–Crippen LogP) is 3.42. The van der Waals surface area contributed by atoms with Gasteiger partial charge in [0.15, 0.2) is 6.29 Å². The van der Waals surface area contributed by atoms with Gasteiger partial charge in [-0.25, -0.2) is 0 Å². The SMILES string of the molecule is C[C@@H]1CCC=C[C@@H](OC2CCCCC2)O1. The Kier molecular flexibility index (Phi) is 4.21. The highest BCUT2D eigenvalue weighted by molar-refractivity contribution is 4.89. The maximum atomic E-state index is 5.97. The van der Waals surface area contributed by atoms with Gasteiger partial charge in [-0.3, -0.25) is 0 Å². The molecule has 0 unspecified atom stereocenters. The molecule has 0 aromatic rings. The Morgan fingerprint density at radius 3 is 2.73 bits per heavy atom. The highest BCUT2D eigenvalue weighted by Gasteiger charge is 2.20. The average Bonchev–Trinajstić information content (AvgIpc) is 2.44. The molecule has 1 aliphatic carbocycles. The zero-order valence-corrected chi connectivity index (χ0v) is 9.65. The summed E-state index contributed by atoms with van der Waals surface area (Å²) in [5.74, 6) is 0. The largest absolute Gasteiger partial charge is 0.346 e. The van der Waals surface area contributed by atoms with E-state index < -0.39 is 0 Å². The van der Waals surface area contributed by atoms with Gasteiger partial charge in [-0.2, -0.15) is 0 Å². The van der Waals surface area contributed by atoms with E-state index in [1.165, 1.54) is 32.1 Å². The summed E-state index contributed by atoms with van der Waals surface area (Å²) in [7, 11) is 0. The van der Waals surface area contributed by atoms with Gasteiger partial charge in [0.1, 0.15) is 0 Å². The summed E-state index contributed by atoms with van der Waals surface area (Å²) in [5.41, 5.74) is 0. The highest BCUT2D eigenvalue weighted by atomic mass is 16.7. The quantitative estimate of drug-likeness (QED) is 0.650. The third kappa shape index (κ3) is 3.62. The minimum Gasteiger partial charge on any atom is -0.346 e. The van der Waals surface area contributed by atoms with Crippen LogP contribution in [0.15, 0.2) is 12.2 Å². The van der Waals surface area contributed by atoms with Crippen LogP contribution in [-0.2, 0) is 9.47 Å². The van der Waals surface area contributed by atoms with E-state index in [-0.39, 0.29) is 6.29 Å². The molecule has 1 saturated carbocycles. The zero-order valence-electron chi connectivity index (χ0n) is 9.65. The minimum absolute atomic E-state index is 0.0920. The third-order valence-corrected chi connectivity index (χ3v) is 3.28. The van der Waals surface area contributed by atoms with Crippen molar-refractivity contribution in [2.75, 3.05) is 0 Å². The molecule has 0 saturated heterocycles. The maximum absolute atomic E-state index is 5.97. The van der Waals surface area contributed by atoms with Crippen molar-refractivity contribution in [2.45, 2.75) is 70.4 Å². The van der Waals surface area contributed by atoms with Gasteiger partial charge in [0.2, 0.25) is 0 Å². The van der Waals surface area contributed by atoms with Crippen molar-refractivity contribution in [3.63, 3.8) is 0 Å². The summed E-state index contributed by atoms with van der Waals surface area (Å²) in [6.07, 6.45) is 13.6. The molecule has 1 heterocycles. The Labute approximate surface area is 92.6 Å². The molecule has 15 heavy (non-hydrogen) atoms. The molecule has 86 valence electrons. The van der Waals surface area contributed by atoms with Gasteiger partial charge in [0.25, 0.3) is 0 Å². The fourth-order valence-electron chi connectivity index (χ4n) is 2.35. The van der Waals surface area contributed by atoms with Crippen LogP contribution in [0.1, 0.15) is 51.9 Å². The molecule has 2 nitrogen and oxygen atoms in total. The van der Waals surface area contributed by atoms with Gasteiger partial charge in [-0.05, 0) is 38.7 Å². The van der Waals surface area contributed by atoms with E-state index in [0.29, 0.717) is 12.2 Å². The first-order valence-corrected chi connectivity index (χ1v) is 6.32. The number of hydrogen-bond acceptors (Lipinski definition) is 2. The van der Waals surface area contributed by atoms with E-state index in [2.05, 4.69) is 19.1 Å². The van der Waals surface area contributed by atoms with Gasteiger partial charge in [0.05, 0.1) is 12.2 Å². The lowest BCUT2D eigenvalue weighted by Gasteiger charge is -2.27. The van der Waals surface area contributed by atoms with Gasteiger partial charge >= 0.3 is 0 Å². The molecule has 0 bridgehead atoms. The van der Waals surface area contributed by atoms with Crippen LogP contribution in [-0.4, -0.2) is 18.5 Å². The monoisotopic (exact) mass is 210 g/mol.